The van der Waals surface area contributed by atoms with E-state index in [9.17, 15) is 0 Å². The van der Waals surface area contributed by atoms with Crippen LogP contribution in [0.25, 0.3) is 0 Å². The van der Waals surface area contributed by atoms with Gasteiger partial charge in [0.25, 0.3) is 0 Å². The zero-order valence-corrected chi connectivity index (χ0v) is 15.0. The molecule has 1 saturated heterocycles. The van der Waals surface area contributed by atoms with E-state index in [1.165, 1.54) is 38.6 Å². The average Bonchev–Trinajstić information content (AvgIpc) is 3.06. The largest absolute Gasteiger partial charge is 0.308 e. The van der Waals surface area contributed by atoms with Crippen molar-refractivity contribution in [3.05, 3.63) is 22.4 Å². The lowest BCUT2D eigenvalue weighted by atomic mass is 9.86. The van der Waals surface area contributed by atoms with E-state index in [1.54, 1.807) is 4.88 Å². The zero-order chi connectivity index (χ0) is 15.3. The van der Waals surface area contributed by atoms with Gasteiger partial charge in [-0.3, -0.25) is 4.90 Å². The summed E-state index contributed by atoms with van der Waals surface area (Å²) in [6, 6.07) is 5.83. The molecule has 1 aromatic rings. The van der Waals surface area contributed by atoms with Crippen LogP contribution in [0.1, 0.15) is 70.7 Å². The van der Waals surface area contributed by atoms with Crippen LogP contribution in [-0.2, 0) is 0 Å². The molecule has 2 atom stereocenters. The Labute approximate surface area is 134 Å². The first-order valence-corrected chi connectivity index (χ1v) is 9.61. The molecule has 0 saturated carbocycles. The fraction of sp³-hybridized carbons (Fsp3) is 0.778. The van der Waals surface area contributed by atoms with Crippen LogP contribution in [-0.4, -0.2) is 29.6 Å². The van der Waals surface area contributed by atoms with Gasteiger partial charge < -0.3 is 5.32 Å². The van der Waals surface area contributed by atoms with E-state index >= 15 is 0 Å². The maximum absolute atomic E-state index is 3.87. The monoisotopic (exact) mass is 308 g/mol. The van der Waals surface area contributed by atoms with Crippen LogP contribution in [0.2, 0.25) is 0 Å². The summed E-state index contributed by atoms with van der Waals surface area (Å²) in [5.74, 6) is 0. The first kappa shape index (κ1) is 17.0. The van der Waals surface area contributed by atoms with Gasteiger partial charge in [-0.25, -0.2) is 0 Å². The van der Waals surface area contributed by atoms with E-state index in [-0.39, 0.29) is 0 Å². The fourth-order valence-electron chi connectivity index (χ4n) is 3.68. The van der Waals surface area contributed by atoms with Crippen molar-refractivity contribution in [3.63, 3.8) is 0 Å². The van der Waals surface area contributed by atoms with E-state index < -0.39 is 0 Å². The second-order valence-electron chi connectivity index (χ2n) is 6.42. The third-order valence-corrected chi connectivity index (χ3v) is 6.30. The molecule has 0 amide bonds. The summed E-state index contributed by atoms with van der Waals surface area (Å²) in [6.07, 6.45) is 6.22. The molecule has 0 bridgehead atoms. The van der Waals surface area contributed by atoms with E-state index in [1.807, 2.05) is 11.3 Å². The van der Waals surface area contributed by atoms with E-state index in [4.69, 9.17) is 0 Å². The minimum absolute atomic E-state index is 0.314. The number of hydrogen-bond acceptors (Lipinski definition) is 3. The summed E-state index contributed by atoms with van der Waals surface area (Å²) in [5, 5.41) is 6.10. The molecule has 1 aliphatic heterocycles. The van der Waals surface area contributed by atoms with Gasteiger partial charge in [-0.05, 0) is 37.1 Å². The second-order valence-corrected chi connectivity index (χ2v) is 7.40. The van der Waals surface area contributed by atoms with Gasteiger partial charge in [0.15, 0.2) is 0 Å². The van der Waals surface area contributed by atoms with E-state index in [2.05, 4.69) is 55.4 Å². The molecule has 1 fully saturated rings. The van der Waals surface area contributed by atoms with Gasteiger partial charge in [-0.2, -0.15) is 0 Å². The van der Waals surface area contributed by atoms with Gasteiger partial charge >= 0.3 is 0 Å². The van der Waals surface area contributed by atoms with Gasteiger partial charge in [0, 0.05) is 35.6 Å². The SMILES string of the molecule is CCCC(c1cccs1)N1CC(CC)(CC)NCC1CC. The molecule has 2 heterocycles. The molecule has 2 nitrogen and oxygen atoms in total. The molecule has 3 heteroatoms. The third-order valence-electron chi connectivity index (χ3n) is 5.33. The normalized spacial score (nSPS) is 24.1. The van der Waals surface area contributed by atoms with Crippen molar-refractivity contribution in [3.8, 4) is 0 Å². The first-order chi connectivity index (χ1) is 10.2. The predicted molar refractivity (Wildman–Crippen MR) is 94.1 cm³/mol. The lowest BCUT2D eigenvalue weighted by Gasteiger charge is -2.50. The lowest BCUT2D eigenvalue weighted by Crippen LogP contribution is -2.64. The summed E-state index contributed by atoms with van der Waals surface area (Å²) < 4.78 is 0. The summed E-state index contributed by atoms with van der Waals surface area (Å²) in [6.45, 7) is 11.7. The Kier molecular flexibility index (Phi) is 6.27. The van der Waals surface area contributed by atoms with Crippen LogP contribution in [0.3, 0.4) is 0 Å². The molecular formula is C18H32N2S. The van der Waals surface area contributed by atoms with Crippen LogP contribution in [0, 0.1) is 0 Å². The van der Waals surface area contributed by atoms with Crippen molar-refractivity contribution in [2.45, 2.75) is 77.4 Å². The number of nitrogens with zero attached hydrogens (tertiary/aromatic N) is 1. The van der Waals surface area contributed by atoms with Crippen molar-refractivity contribution < 1.29 is 0 Å². The molecule has 1 aliphatic rings. The Morgan fingerprint density at radius 3 is 2.62 bits per heavy atom. The minimum Gasteiger partial charge on any atom is -0.308 e. The van der Waals surface area contributed by atoms with Crippen LogP contribution in [0.15, 0.2) is 17.5 Å². The first-order valence-electron chi connectivity index (χ1n) is 8.73. The maximum Gasteiger partial charge on any atom is 0.0445 e. The van der Waals surface area contributed by atoms with Crippen molar-refractivity contribution >= 4 is 11.3 Å². The Morgan fingerprint density at radius 1 is 1.33 bits per heavy atom. The molecule has 2 rings (SSSR count). The highest BCUT2D eigenvalue weighted by molar-refractivity contribution is 7.10. The Balaban J connectivity index is 2.25. The predicted octanol–water partition coefficient (Wildman–Crippen LogP) is 4.83. The van der Waals surface area contributed by atoms with Crippen LogP contribution in [0.4, 0.5) is 0 Å². The van der Waals surface area contributed by atoms with Gasteiger partial charge in [0.2, 0.25) is 0 Å². The smallest absolute Gasteiger partial charge is 0.0445 e. The van der Waals surface area contributed by atoms with E-state index in [0.717, 1.165) is 6.54 Å². The van der Waals surface area contributed by atoms with Gasteiger partial charge in [0.05, 0.1) is 0 Å². The van der Waals surface area contributed by atoms with Crippen LogP contribution < -0.4 is 5.32 Å². The molecule has 0 spiro atoms. The topological polar surface area (TPSA) is 15.3 Å². The molecule has 0 aliphatic carbocycles. The summed E-state index contributed by atoms with van der Waals surface area (Å²) >= 11 is 1.93. The number of rotatable bonds is 7. The Bertz CT molecular complexity index is 397. The standard InChI is InChI=1S/C18H32N2S/c1-5-10-16(17-11-9-12-21-17)20-14-18(7-3,8-4)19-13-15(20)6-2/h9,11-12,15-16,19H,5-8,10,13-14H2,1-4H3. The van der Waals surface area contributed by atoms with Crippen molar-refractivity contribution in [1.29, 1.82) is 0 Å². The van der Waals surface area contributed by atoms with Gasteiger partial charge in [-0.15, -0.1) is 11.3 Å². The maximum atomic E-state index is 3.87. The van der Waals surface area contributed by atoms with Gasteiger partial charge in [0.1, 0.15) is 0 Å². The Hall–Kier alpha value is -0.380. The molecule has 1 N–H and O–H groups in total. The van der Waals surface area contributed by atoms with E-state index in [0.29, 0.717) is 17.6 Å². The molecule has 21 heavy (non-hydrogen) atoms. The quantitative estimate of drug-likeness (QED) is 0.776. The molecule has 2 unspecified atom stereocenters. The summed E-state index contributed by atoms with van der Waals surface area (Å²) in [4.78, 5) is 4.37. The molecular weight excluding hydrogens is 276 g/mol. The van der Waals surface area contributed by atoms with Crippen LogP contribution in [0.5, 0.6) is 0 Å². The van der Waals surface area contributed by atoms with Crippen LogP contribution >= 0.6 is 11.3 Å². The summed E-state index contributed by atoms with van der Waals surface area (Å²) in [5.41, 5.74) is 0.314. The lowest BCUT2D eigenvalue weighted by molar-refractivity contribution is 0.0317. The second kappa shape index (κ2) is 7.75. The Morgan fingerprint density at radius 2 is 2.10 bits per heavy atom. The molecule has 0 aromatic carbocycles. The highest BCUT2D eigenvalue weighted by Crippen LogP contribution is 2.35. The average molecular weight is 309 g/mol. The van der Waals surface area contributed by atoms with Crippen molar-refractivity contribution in [1.82, 2.24) is 10.2 Å². The van der Waals surface area contributed by atoms with Gasteiger partial charge in [-0.1, -0.05) is 40.2 Å². The fourth-order valence-corrected chi connectivity index (χ4v) is 4.56. The summed E-state index contributed by atoms with van der Waals surface area (Å²) in [7, 11) is 0. The number of nitrogens with one attached hydrogen (secondary N) is 1. The highest BCUT2D eigenvalue weighted by atomic mass is 32.1. The highest BCUT2D eigenvalue weighted by Gasteiger charge is 2.39. The van der Waals surface area contributed by atoms with Crippen molar-refractivity contribution in [2.75, 3.05) is 13.1 Å². The number of thiophene rings is 1. The molecule has 0 radical (unpaired) electrons. The minimum atomic E-state index is 0.314. The number of piperazine rings is 1. The number of hydrogen-bond donors (Lipinski definition) is 1. The molecule has 120 valence electrons. The zero-order valence-electron chi connectivity index (χ0n) is 14.2. The third kappa shape index (κ3) is 3.69. The van der Waals surface area contributed by atoms with Crippen molar-refractivity contribution in [2.24, 2.45) is 0 Å². The molecule has 1 aromatic heterocycles.